The van der Waals surface area contributed by atoms with Crippen molar-refractivity contribution in [3.8, 4) is 0 Å². The highest BCUT2D eigenvalue weighted by molar-refractivity contribution is 5.97. The summed E-state index contributed by atoms with van der Waals surface area (Å²) in [5, 5.41) is 15.9. The van der Waals surface area contributed by atoms with Gasteiger partial charge in [0, 0.05) is 11.8 Å². The molecular weight excluding hydrogens is 366 g/mol. The lowest BCUT2D eigenvalue weighted by molar-refractivity contribution is -0.385. The zero-order valence-electron chi connectivity index (χ0n) is 15.4. The molecular formula is C19H19N3O6. The van der Waals surface area contributed by atoms with E-state index in [0.717, 1.165) is 17.2 Å². The molecule has 0 atom stereocenters. The first-order valence-corrected chi connectivity index (χ1v) is 8.33. The van der Waals surface area contributed by atoms with Crippen LogP contribution in [0.1, 0.15) is 21.5 Å². The Morgan fingerprint density at radius 2 is 1.75 bits per heavy atom. The second-order valence-electron chi connectivity index (χ2n) is 5.92. The molecule has 2 aromatic carbocycles. The van der Waals surface area contributed by atoms with E-state index < -0.39 is 35.0 Å². The number of carbonyl (C=O) groups is 3. The van der Waals surface area contributed by atoms with Gasteiger partial charge in [-0.25, -0.2) is 4.79 Å². The summed E-state index contributed by atoms with van der Waals surface area (Å²) in [6.45, 7) is 2.81. The summed E-state index contributed by atoms with van der Waals surface area (Å²) in [5.74, 6) is -2.14. The lowest BCUT2D eigenvalue weighted by atomic mass is 10.1. The average molecular weight is 385 g/mol. The van der Waals surface area contributed by atoms with Crippen molar-refractivity contribution in [2.45, 2.75) is 13.8 Å². The Morgan fingerprint density at radius 1 is 1.04 bits per heavy atom. The fraction of sp³-hybridized carbons (Fsp3) is 0.211. The number of para-hydroxylation sites is 1. The molecule has 0 aliphatic heterocycles. The number of nitro groups is 1. The van der Waals surface area contributed by atoms with Crippen molar-refractivity contribution in [3.63, 3.8) is 0 Å². The van der Waals surface area contributed by atoms with Crippen LogP contribution in [0.5, 0.6) is 0 Å². The topological polar surface area (TPSA) is 128 Å². The van der Waals surface area contributed by atoms with Gasteiger partial charge in [-0.3, -0.25) is 19.7 Å². The molecule has 0 saturated carbocycles. The third kappa shape index (κ3) is 5.37. The highest BCUT2D eigenvalue weighted by Gasteiger charge is 2.21. The van der Waals surface area contributed by atoms with Crippen LogP contribution in [0.25, 0.3) is 0 Å². The lowest BCUT2D eigenvalue weighted by Crippen LogP contribution is -2.35. The molecule has 0 saturated heterocycles. The molecule has 146 valence electrons. The van der Waals surface area contributed by atoms with Gasteiger partial charge in [0.25, 0.3) is 11.6 Å². The van der Waals surface area contributed by atoms with Gasteiger partial charge in [0.15, 0.2) is 6.61 Å². The monoisotopic (exact) mass is 385 g/mol. The van der Waals surface area contributed by atoms with Gasteiger partial charge >= 0.3 is 5.97 Å². The summed E-state index contributed by atoms with van der Waals surface area (Å²) in [4.78, 5) is 45.9. The molecule has 0 unspecified atom stereocenters. The van der Waals surface area contributed by atoms with Crippen LogP contribution >= 0.6 is 0 Å². The minimum Gasteiger partial charge on any atom is -0.452 e. The van der Waals surface area contributed by atoms with Gasteiger partial charge in [0.2, 0.25) is 5.91 Å². The molecule has 0 radical (unpaired) electrons. The number of amides is 2. The van der Waals surface area contributed by atoms with E-state index in [9.17, 15) is 24.5 Å². The Kier molecular flexibility index (Phi) is 6.80. The van der Waals surface area contributed by atoms with Gasteiger partial charge in [-0.15, -0.1) is 0 Å². The predicted octanol–water partition coefficient (Wildman–Crippen LogP) is 2.12. The standard InChI is InChI=1S/C19H19N3O6/c1-12-6-5-8-15(13(12)2)21-17(23)10-20-18(24)11-28-19(25)14-7-3-4-9-16(14)22(26)27/h3-9H,10-11H2,1-2H3,(H,20,24)(H,21,23). The number of nitrogens with zero attached hydrogens (tertiary/aromatic N) is 1. The first kappa shape index (κ1) is 20.6. The molecule has 2 aromatic rings. The minimum absolute atomic E-state index is 0.257. The second kappa shape index (κ2) is 9.26. The maximum absolute atomic E-state index is 12.0. The molecule has 0 spiro atoms. The number of carbonyl (C=O) groups excluding carboxylic acids is 3. The number of nitrogens with one attached hydrogen (secondary N) is 2. The Bertz CT molecular complexity index is 926. The molecule has 28 heavy (non-hydrogen) atoms. The summed E-state index contributed by atoms with van der Waals surface area (Å²) < 4.78 is 4.78. The Morgan fingerprint density at radius 3 is 2.46 bits per heavy atom. The number of hydrogen-bond donors (Lipinski definition) is 2. The number of ether oxygens (including phenoxy) is 1. The van der Waals surface area contributed by atoms with Crippen LogP contribution in [0, 0.1) is 24.0 Å². The van der Waals surface area contributed by atoms with Crippen LogP contribution in [-0.2, 0) is 14.3 Å². The zero-order valence-corrected chi connectivity index (χ0v) is 15.4. The van der Waals surface area contributed by atoms with E-state index >= 15 is 0 Å². The number of esters is 1. The molecule has 2 N–H and O–H groups in total. The normalized spacial score (nSPS) is 10.1. The predicted molar refractivity (Wildman–Crippen MR) is 101 cm³/mol. The number of aryl methyl sites for hydroxylation is 1. The van der Waals surface area contributed by atoms with E-state index in [1.807, 2.05) is 19.9 Å². The Balaban J connectivity index is 1.83. The maximum atomic E-state index is 12.0. The molecule has 0 aromatic heterocycles. The third-order valence-electron chi connectivity index (χ3n) is 3.98. The van der Waals surface area contributed by atoms with E-state index in [-0.39, 0.29) is 12.1 Å². The molecule has 0 heterocycles. The van der Waals surface area contributed by atoms with Crippen molar-refractivity contribution < 1.29 is 24.0 Å². The number of anilines is 1. The molecule has 9 heteroatoms. The molecule has 2 amide bonds. The molecule has 9 nitrogen and oxygen atoms in total. The van der Waals surface area contributed by atoms with E-state index in [1.54, 1.807) is 12.1 Å². The smallest absolute Gasteiger partial charge is 0.345 e. The molecule has 0 bridgehead atoms. The molecule has 0 fully saturated rings. The highest BCUT2D eigenvalue weighted by atomic mass is 16.6. The van der Waals surface area contributed by atoms with Crippen molar-refractivity contribution in [1.82, 2.24) is 5.32 Å². The van der Waals surface area contributed by atoms with Crippen LogP contribution in [0.3, 0.4) is 0 Å². The van der Waals surface area contributed by atoms with Crippen molar-refractivity contribution >= 4 is 29.2 Å². The van der Waals surface area contributed by atoms with Gasteiger partial charge in [0.05, 0.1) is 11.5 Å². The molecule has 0 aliphatic carbocycles. The fourth-order valence-electron chi connectivity index (χ4n) is 2.33. The van der Waals surface area contributed by atoms with Crippen molar-refractivity contribution in [2.75, 3.05) is 18.5 Å². The number of nitro benzene ring substituents is 1. The quantitative estimate of drug-likeness (QED) is 0.427. The van der Waals surface area contributed by atoms with Gasteiger partial charge in [-0.1, -0.05) is 24.3 Å². The SMILES string of the molecule is Cc1cccc(NC(=O)CNC(=O)COC(=O)c2ccccc2[N+](=O)[O-])c1C. The largest absolute Gasteiger partial charge is 0.452 e. The third-order valence-corrected chi connectivity index (χ3v) is 3.98. The van der Waals surface area contributed by atoms with Crippen molar-refractivity contribution in [2.24, 2.45) is 0 Å². The number of benzene rings is 2. The minimum atomic E-state index is -0.998. The Hall–Kier alpha value is -3.75. The summed E-state index contributed by atoms with van der Waals surface area (Å²) >= 11 is 0. The first-order valence-electron chi connectivity index (χ1n) is 8.33. The van der Waals surface area contributed by atoms with Crippen LogP contribution in [-0.4, -0.2) is 35.9 Å². The van der Waals surface area contributed by atoms with E-state index in [0.29, 0.717) is 5.69 Å². The number of hydrogen-bond acceptors (Lipinski definition) is 6. The van der Waals surface area contributed by atoms with Crippen LogP contribution < -0.4 is 10.6 Å². The summed E-state index contributed by atoms with van der Waals surface area (Å²) in [6.07, 6.45) is 0. The van der Waals surface area contributed by atoms with Crippen molar-refractivity contribution in [1.29, 1.82) is 0 Å². The molecule has 0 aliphatic rings. The number of rotatable bonds is 7. The average Bonchev–Trinajstić information content (AvgIpc) is 2.68. The first-order chi connectivity index (χ1) is 13.3. The van der Waals surface area contributed by atoms with Crippen LogP contribution in [0.4, 0.5) is 11.4 Å². The van der Waals surface area contributed by atoms with Gasteiger partial charge in [0.1, 0.15) is 5.56 Å². The summed E-state index contributed by atoms with van der Waals surface area (Å²) in [5.41, 5.74) is 1.90. The van der Waals surface area contributed by atoms with E-state index in [2.05, 4.69) is 10.6 Å². The lowest BCUT2D eigenvalue weighted by Gasteiger charge is -2.11. The maximum Gasteiger partial charge on any atom is 0.345 e. The van der Waals surface area contributed by atoms with Crippen molar-refractivity contribution in [3.05, 3.63) is 69.3 Å². The van der Waals surface area contributed by atoms with Gasteiger partial charge < -0.3 is 15.4 Å². The Labute approximate surface area is 160 Å². The zero-order chi connectivity index (χ0) is 20.7. The van der Waals surface area contributed by atoms with Crippen LogP contribution in [0.15, 0.2) is 42.5 Å². The fourth-order valence-corrected chi connectivity index (χ4v) is 2.33. The van der Waals surface area contributed by atoms with Gasteiger partial charge in [-0.2, -0.15) is 0 Å². The second-order valence-corrected chi connectivity index (χ2v) is 5.92. The van der Waals surface area contributed by atoms with E-state index in [1.165, 1.54) is 18.2 Å². The molecule has 2 rings (SSSR count). The summed E-state index contributed by atoms with van der Waals surface area (Å²) in [6, 6.07) is 10.7. The summed E-state index contributed by atoms with van der Waals surface area (Å²) in [7, 11) is 0. The van der Waals surface area contributed by atoms with E-state index in [4.69, 9.17) is 4.74 Å². The van der Waals surface area contributed by atoms with Gasteiger partial charge in [-0.05, 0) is 37.1 Å². The highest BCUT2D eigenvalue weighted by Crippen LogP contribution is 2.19. The van der Waals surface area contributed by atoms with Crippen LogP contribution in [0.2, 0.25) is 0 Å².